The van der Waals surface area contributed by atoms with Crippen molar-refractivity contribution >= 4 is 11.6 Å². The largest absolute Gasteiger partial charge is 0.388 e. The zero-order chi connectivity index (χ0) is 18.0. The fraction of sp³-hybridized carbons (Fsp3) is 0.714. The molecule has 0 radical (unpaired) electrons. The Bertz CT molecular complexity index is 705. The topological polar surface area (TPSA) is 74.6 Å². The molecule has 0 aromatic carbocycles. The van der Waals surface area contributed by atoms with E-state index in [4.69, 9.17) is 0 Å². The third-order valence-electron chi connectivity index (χ3n) is 8.12. The van der Waals surface area contributed by atoms with Crippen molar-refractivity contribution in [1.29, 1.82) is 0 Å². The first-order valence-corrected chi connectivity index (χ1v) is 9.57. The molecule has 0 aromatic heterocycles. The van der Waals surface area contributed by atoms with Gasteiger partial charge in [0.25, 0.3) is 0 Å². The highest BCUT2D eigenvalue weighted by molar-refractivity contribution is 5.92. The van der Waals surface area contributed by atoms with Crippen LogP contribution in [0.5, 0.6) is 0 Å². The van der Waals surface area contributed by atoms with Crippen molar-refractivity contribution in [1.82, 2.24) is 0 Å². The van der Waals surface area contributed by atoms with Crippen LogP contribution in [0.15, 0.2) is 23.3 Å². The number of carbonyl (C=O) groups excluding carboxylic acids is 2. The van der Waals surface area contributed by atoms with Gasteiger partial charge in [0, 0.05) is 18.3 Å². The number of rotatable bonds is 2. The summed E-state index contributed by atoms with van der Waals surface area (Å²) in [6.45, 7) is 3.72. The average Bonchev–Trinajstić information content (AvgIpc) is 2.87. The average molecular weight is 344 g/mol. The lowest BCUT2D eigenvalue weighted by molar-refractivity contribution is -0.153. The van der Waals surface area contributed by atoms with Crippen LogP contribution in [0, 0.1) is 22.7 Å². The maximum Gasteiger partial charge on any atom is 0.190 e. The molecule has 2 N–H and O–H groups in total. The summed E-state index contributed by atoms with van der Waals surface area (Å²) in [5.74, 6) is 0.654. The van der Waals surface area contributed by atoms with Crippen molar-refractivity contribution < 1.29 is 19.8 Å². The summed E-state index contributed by atoms with van der Waals surface area (Å²) in [6, 6.07) is 0. The minimum atomic E-state index is -1.46. The molecule has 25 heavy (non-hydrogen) atoms. The van der Waals surface area contributed by atoms with Crippen molar-refractivity contribution in [2.75, 3.05) is 6.61 Å². The molecule has 136 valence electrons. The molecule has 4 aliphatic rings. The number of hydrogen-bond acceptors (Lipinski definition) is 4. The summed E-state index contributed by atoms with van der Waals surface area (Å²) in [7, 11) is 0. The van der Waals surface area contributed by atoms with Gasteiger partial charge in [-0.25, -0.2) is 0 Å². The van der Waals surface area contributed by atoms with Crippen LogP contribution < -0.4 is 0 Å². The Kier molecular flexibility index (Phi) is 3.69. The zero-order valence-corrected chi connectivity index (χ0v) is 15.2. The van der Waals surface area contributed by atoms with Gasteiger partial charge in [-0.3, -0.25) is 9.59 Å². The summed E-state index contributed by atoms with van der Waals surface area (Å²) in [4.78, 5) is 24.2. The highest BCUT2D eigenvalue weighted by atomic mass is 16.3. The van der Waals surface area contributed by atoms with Crippen LogP contribution in [-0.4, -0.2) is 34.0 Å². The predicted octanol–water partition coefficient (Wildman–Crippen LogP) is 2.73. The molecule has 0 heterocycles. The van der Waals surface area contributed by atoms with Crippen molar-refractivity contribution in [3.8, 4) is 0 Å². The first-order valence-electron chi connectivity index (χ1n) is 9.57. The molecular weight excluding hydrogens is 316 g/mol. The monoisotopic (exact) mass is 344 g/mol. The van der Waals surface area contributed by atoms with E-state index in [9.17, 15) is 19.8 Å². The summed E-state index contributed by atoms with van der Waals surface area (Å²) >= 11 is 0. The van der Waals surface area contributed by atoms with Gasteiger partial charge in [0.2, 0.25) is 0 Å². The van der Waals surface area contributed by atoms with E-state index in [0.717, 1.165) is 32.1 Å². The summed E-state index contributed by atoms with van der Waals surface area (Å²) in [5.41, 5.74) is 0.595. The Hall–Kier alpha value is -1.26. The van der Waals surface area contributed by atoms with E-state index in [1.807, 2.05) is 13.0 Å². The number of fused-ring (bicyclic) bond motifs is 5. The Labute approximate surface area is 149 Å². The number of ketones is 2. The number of aliphatic hydroxyl groups is 2. The van der Waals surface area contributed by atoms with Crippen molar-refractivity contribution in [3.05, 3.63) is 23.3 Å². The van der Waals surface area contributed by atoms with Gasteiger partial charge in [-0.1, -0.05) is 31.1 Å². The van der Waals surface area contributed by atoms with Gasteiger partial charge in [0.15, 0.2) is 11.6 Å². The molecule has 0 saturated heterocycles. The Morgan fingerprint density at radius 3 is 2.72 bits per heavy atom. The standard InChI is InChI=1S/C21H28O4/c1-19-8-5-14(23)11-13(19)3-4-15-16(19)6-9-20(2)17(15)7-10-21(20,25)18(24)12-22/h7,11,15-16,22,25H,3-6,8-10,12H2,1-2H3/t15-,16+,19-,20+,21-/m0/s1. The first kappa shape index (κ1) is 17.2. The summed E-state index contributed by atoms with van der Waals surface area (Å²) in [5, 5.41) is 20.5. The number of carbonyl (C=O) groups is 2. The second-order valence-electron chi connectivity index (χ2n) is 8.98. The minimum Gasteiger partial charge on any atom is -0.388 e. The third-order valence-corrected chi connectivity index (χ3v) is 8.12. The van der Waals surface area contributed by atoms with Gasteiger partial charge in [-0.05, 0) is 55.4 Å². The molecule has 0 bridgehead atoms. The van der Waals surface area contributed by atoms with Gasteiger partial charge in [-0.15, -0.1) is 0 Å². The maximum atomic E-state index is 12.3. The molecule has 4 nitrogen and oxygen atoms in total. The molecule has 4 aliphatic carbocycles. The number of aliphatic hydroxyl groups excluding tert-OH is 1. The van der Waals surface area contributed by atoms with E-state index >= 15 is 0 Å². The molecule has 2 fully saturated rings. The molecule has 5 atom stereocenters. The van der Waals surface area contributed by atoms with Gasteiger partial charge >= 0.3 is 0 Å². The van der Waals surface area contributed by atoms with Gasteiger partial charge in [0.05, 0.1) is 0 Å². The van der Waals surface area contributed by atoms with Crippen molar-refractivity contribution in [2.24, 2.45) is 22.7 Å². The van der Waals surface area contributed by atoms with Crippen LogP contribution in [0.25, 0.3) is 0 Å². The molecule has 0 unspecified atom stereocenters. The molecular formula is C21H28O4. The number of allylic oxidation sites excluding steroid dienone is 2. The van der Waals surface area contributed by atoms with E-state index in [2.05, 4.69) is 13.0 Å². The zero-order valence-electron chi connectivity index (χ0n) is 15.2. The number of hydrogen-bond donors (Lipinski definition) is 2. The Balaban J connectivity index is 1.70. The van der Waals surface area contributed by atoms with Crippen LogP contribution in [0.3, 0.4) is 0 Å². The Morgan fingerprint density at radius 1 is 1.24 bits per heavy atom. The highest BCUT2D eigenvalue weighted by Gasteiger charge is 2.62. The molecule has 0 aliphatic heterocycles. The molecule has 0 aromatic rings. The van der Waals surface area contributed by atoms with Crippen LogP contribution >= 0.6 is 0 Å². The quantitative estimate of drug-likeness (QED) is 0.756. The first-order chi connectivity index (χ1) is 11.8. The molecule has 0 amide bonds. The van der Waals surface area contributed by atoms with Gasteiger partial charge in [0.1, 0.15) is 12.2 Å². The summed E-state index contributed by atoms with van der Waals surface area (Å²) in [6.07, 6.45) is 9.49. The van der Waals surface area contributed by atoms with Crippen LogP contribution in [0.2, 0.25) is 0 Å². The van der Waals surface area contributed by atoms with E-state index < -0.39 is 23.4 Å². The lowest BCUT2D eigenvalue weighted by atomic mass is 9.47. The van der Waals surface area contributed by atoms with Crippen molar-refractivity contribution in [2.45, 2.75) is 64.4 Å². The highest BCUT2D eigenvalue weighted by Crippen LogP contribution is 2.65. The fourth-order valence-electron chi connectivity index (χ4n) is 6.46. The lowest BCUT2D eigenvalue weighted by Crippen LogP contribution is -2.56. The van der Waals surface area contributed by atoms with E-state index in [1.54, 1.807) is 0 Å². The van der Waals surface area contributed by atoms with E-state index in [1.165, 1.54) is 11.1 Å². The SMILES string of the molecule is C[C@]12CCC(=O)C=C1CC[C@@H]1C3=CC[C@](O)(C(=O)CO)[C@]3(C)CC[C@H]12. The van der Waals surface area contributed by atoms with E-state index in [-0.39, 0.29) is 11.2 Å². The Morgan fingerprint density at radius 2 is 2.00 bits per heavy atom. The molecule has 2 saturated carbocycles. The van der Waals surface area contributed by atoms with Crippen molar-refractivity contribution in [3.63, 3.8) is 0 Å². The molecule has 4 rings (SSSR count). The maximum absolute atomic E-state index is 12.3. The van der Waals surface area contributed by atoms with Crippen LogP contribution in [0.4, 0.5) is 0 Å². The molecule has 0 spiro atoms. The van der Waals surface area contributed by atoms with E-state index in [0.29, 0.717) is 24.7 Å². The van der Waals surface area contributed by atoms with Crippen LogP contribution in [-0.2, 0) is 9.59 Å². The minimum absolute atomic E-state index is 0.0701. The third kappa shape index (κ3) is 2.07. The second-order valence-corrected chi connectivity index (χ2v) is 8.98. The predicted molar refractivity (Wildman–Crippen MR) is 93.7 cm³/mol. The molecule has 4 heteroatoms. The lowest BCUT2D eigenvalue weighted by Gasteiger charge is -2.57. The number of Topliss-reactive ketones (excluding diaryl/α,β-unsaturated/α-hetero) is 1. The smallest absolute Gasteiger partial charge is 0.190 e. The van der Waals surface area contributed by atoms with Crippen LogP contribution in [0.1, 0.15) is 58.8 Å². The second kappa shape index (κ2) is 5.37. The van der Waals surface area contributed by atoms with Gasteiger partial charge in [-0.2, -0.15) is 0 Å². The van der Waals surface area contributed by atoms with Gasteiger partial charge < -0.3 is 10.2 Å². The summed E-state index contributed by atoms with van der Waals surface area (Å²) < 4.78 is 0. The fourth-order valence-corrected chi connectivity index (χ4v) is 6.46. The normalized spacial score (nSPS) is 45.8.